The molecule has 1 aliphatic heterocycles. The van der Waals surface area contributed by atoms with Crippen LogP contribution in [0.5, 0.6) is 0 Å². The Balaban J connectivity index is 1.82. The molecule has 1 fully saturated rings. The third-order valence-electron chi connectivity index (χ3n) is 3.95. The smallest absolute Gasteiger partial charge is 0.138 e. The van der Waals surface area contributed by atoms with Crippen molar-refractivity contribution in [3.63, 3.8) is 0 Å². The van der Waals surface area contributed by atoms with E-state index >= 15 is 0 Å². The van der Waals surface area contributed by atoms with E-state index in [1.54, 1.807) is 0 Å². The summed E-state index contributed by atoms with van der Waals surface area (Å²) in [4.78, 5) is 6.70. The van der Waals surface area contributed by atoms with Crippen LogP contribution in [0, 0.1) is 5.92 Å². The molecule has 4 heteroatoms. The molecule has 0 saturated carbocycles. The van der Waals surface area contributed by atoms with Crippen LogP contribution in [0.2, 0.25) is 0 Å². The monoisotopic (exact) mass is 245 g/mol. The molecule has 2 aromatic rings. The van der Waals surface area contributed by atoms with E-state index in [0.717, 1.165) is 31.6 Å². The van der Waals surface area contributed by atoms with Crippen LogP contribution in [0.3, 0.4) is 0 Å². The molecule has 0 amide bonds. The molecule has 3 rings (SSSR count). The Kier molecular flexibility index (Phi) is 2.96. The number of aromatic nitrogens is 2. The quantitative estimate of drug-likeness (QED) is 0.879. The highest BCUT2D eigenvalue weighted by Crippen LogP contribution is 2.25. The molecule has 1 unspecified atom stereocenters. The van der Waals surface area contributed by atoms with Gasteiger partial charge in [0.15, 0.2) is 0 Å². The van der Waals surface area contributed by atoms with Crippen molar-refractivity contribution in [3.05, 3.63) is 30.6 Å². The number of imidazole rings is 1. The Bertz CT molecular complexity index is 527. The minimum absolute atomic E-state index is 0.184. The standard InChI is InChI=1S/C14H19N3O/c1-11(18)12-5-8-16(9-6-12)14-4-2-3-13-15-7-10-17(13)14/h2-4,7,10-12,18H,5-6,8-9H2,1H3. The number of hydrogen-bond acceptors (Lipinski definition) is 3. The molecule has 2 aromatic heterocycles. The van der Waals surface area contributed by atoms with E-state index in [-0.39, 0.29) is 6.10 Å². The normalized spacial score (nSPS) is 19.3. The number of aliphatic hydroxyl groups is 1. The van der Waals surface area contributed by atoms with Crippen LogP contribution in [0.25, 0.3) is 5.65 Å². The van der Waals surface area contributed by atoms with Crippen molar-refractivity contribution < 1.29 is 5.11 Å². The van der Waals surface area contributed by atoms with Crippen molar-refractivity contribution in [1.82, 2.24) is 9.38 Å². The van der Waals surface area contributed by atoms with Crippen LogP contribution in [-0.2, 0) is 0 Å². The molecule has 1 saturated heterocycles. The lowest BCUT2D eigenvalue weighted by Crippen LogP contribution is -2.37. The molecule has 1 N–H and O–H groups in total. The van der Waals surface area contributed by atoms with Gasteiger partial charge in [0.05, 0.1) is 6.10 Å². The van der Waals surface area contributed by atoms with Gasteiger partial charge in [-0.25, -0.2) is 4.98 Å². The second-order valence-corrected chi connectivity index (χ2v) is 5.10. The fraction of sp³-hybridized carbons (Fsp3) is 0.500. The number of aliphatic hydroxyl groups excluding tert-OH is 1. The maximum atomic E-state index is 9.64. The molecule has 18 heavy (non-hydrogen) atoms. The average Bonchev–Trinajstić information content (AvgIpc) is 2.87. The van der Waals surface area contributed by atoms with Crippen LogP contribution in [-0.4, -0.2) is 33.7 Å². The van der Waals surface area contributed by atoms with Crippen molar-refractivity contribution in [2.45, 2.75) is 25.9 Å². The third kappa shape index (κ3) is 1.97. The van der Waals surface area contributed by atoms with Crippen LogP contribution in [0.15, 0.2) is 30.6 Å². The maximum Gasteiger partial charge on any atom is 0.138 e. The number of fused-ring (bicyclic) bond motifs is 1. The Morgan fingerprint density at radius 3 is 2.83 bits per heavy atom. The molecule has 96 valence electrons. The SMILES string of the molecule is CC(O)C1CCN(c2cccc3nccn23)CC1. The highest BCUT2D eigenvalue weighted by molar-refractivity contribution is 5.51. The predicted molar refractivity (Wildman–Crippen MR) is 71.8 cm³/mol. The Hall–Kier alpha value is -1.55. The van der Waals surface area contributed by atoms with E-state index in [4.69, 9.17) is 0 Å². The van der Waals surface area contributed by atoms with Gasteiger partial charge in [-0.3, -0.25) is 4.40 Å². The van der Waals surface area contributed by atoms with Crippen LogP contribution < -0.4 is 4.90 Å². The Morgan fingerprint density at radius 2 is 2.11 bits per heavy atom. The summed E-state index contributed by atoms with van der Waals surface area (Å²) in [6, 6.07) is 6.21. The second kappa shape index (κ2) is 4.61. The molecular weight excluding hydrogens is 226 g/mol. The fourth-order valence-corrected chi connectivity index (χ4v) is 2.80. The van der Waals surface area contributed by atoms with Gasteiger partial charge in [0.1, 0.15) is 11.5 Å². The second-order valence-electron chi connectivity index (χ2n) is 5.10. The zero-order chi connectivity index (χ0) is 12.5. The summed E-state index contributed by atoms with van der Waals surface area (Å²) < 4.78 is 2.13. The number of pyridine rings is 1. The van der Waals surface area contributed by atoms with Gasteiger partial charge in [0.25, 0.3) is 0 Å². The fourth-order valence-electron chi connectivity index (χ4n) is 2.80. The molecule has 0 aliphatic carbocycles. The van der Waals surface area contributed by atoms with E-state index in [1.807, 2.05) is 25.4 Å². The first-order valence-corrected chi connectivity index (χ1v) is 6.61. The molecule has 0 radical (unpaired) electrons. The zero-order valence-corrected chi connectivity index (χ0v) is 10.7. The summed E-state index contributed by atoms with van der Waals surface area (Å²) in [5.41, 5.74) is 0.991. The Labute approximate surface area is 107 Å². The summed E-state index contributed by atoms with van der Waals surface area (Å²) in [7, 11) is 0. The van der Waals surface area contributed by atoms with Gasteiger partial charge in [-0.2, -0.15) is 0 Å². The highest BCUT2D eigenvalue weighted by Gasteiger charge is 2.23. The average molecular weight is 245 g/mol. The van der Waals surface area contributed by atoms with Crippen molar-refractivity contribution in [1.29, 1.82) is 0 Å². The summed E-state index contributed by atoms with van der Waals surface area (Å²) in [6.07, 6.45) is 5.77. The molecule has 0 spiro atoms. The van der Waals surface area contributed by atoms with Crippen LogP contribution >= 0.6 is 0 Å². The van der Waals surface area contributed by atoms with E-state index in [0.29, 0.717) is 5.92 Å². The molecular formula is C14H19N3O. The van der Waals surface area contributed by atoms with E-state index < -0.39 is 0 Å². The molecule has 4 nitrogen and oxygen atoms in total. The maximum absolute atomic E-state index is 9.64. The van der Waals surface area contributed by atoms with Gasteiger partial charge in [0.2, 0.25) is 0 Å². The minimum atomic E-state index is -0.184. The molecule has 0 aromatic carbocycles. The van der Waals surface area contributed by atoms with Crippen molar-refractivity contribution >= 4 is 11.5 Å². The van der Waals surface area contributed by atoms with E-state index in [2.05, 4.69) is 26.4 Å². The van der Waals surface area contributed by atoms with E-state index in [9.17, 15) is 5.11 Å². The number of nitrogens with zero attached hydrogens (tertiary/aromatic N) is 3. The van der Waals surface area contributed by atoms with Gasteiger partial charge in [-0.05, 0) is 37.8 Å². The lowest BCUT2D eigenvalue weighted by molar-refractivity contribution is 0.109. The lowest BCUT2D eigenvalue weighted by Gasteiger charge is -2.34. The van der Waals surface area contributed by atoms with Gasteiger partial charge >= 0.3 is 0 Å². The van der Waals surface area contributed by atoms with Crippen molar-refractivity contribution in [2.24, 2.45) is 5.92 Å². The molecule has 1 aliphatic rings. The van der Waals surface area contributed by atoms with Crippen LogP contribution in [0.4, 0.5) is 5.82 Å². The molecule has 0 bridgehead atoms. The number of rotatable bonds is 2. The first-order valence-electron chi connectivity index (χ1n) is 6.61. The predicted octanol–water partition coefficient (Wildman–Crippen LogP) is 1.93. The summed E-state index contributed by atoms with van der Waals surface area (Å²) in [5.74, 6) is 1.65. The van der Waals surface area contributed by atoms with Crippen LogP contribution in [0.1, 0.15) is 19.8 Å². The highest BCUT2D eigenvalue weighted by atomic mass is 16.3. The topological polar surface area (TPSA) is 40.8 Å². The largest absolute Gasteiger partial charge is 0.393 e. The van der Waals surface area contributed by atoms with Gasteiger partial charge in [-0.15, -0.1) is 0 Å². The molecule has 3 heterocycles. The minimum Gasteiger partial charge on any atom is -0.393 e. The van der Waals surface area contributed by atoms with Gasteiger partial charge in [-0.1, -0.05) is 6.07 Å². The first kappa shape index (κ1) is 11.5. The summed E-state index contributed by atoms with van der Waals surface area (Å²) in [5, 5.41) is 9.64. The summed E-state index contributed by atoms with van der Waals surface area (Å²) in [6.45, 7) is 3.91. The zero-order valence-electron chi connectivity index (χ0n) is 10.7. The van der Waals surface area contributed by atoms with Crippen molar-refractivity contribution in [2.75, 3.05) is 18.0 Å². The third-order valence-corrected chi connectivity index (χ3v) is 3.95. The number of hydrogen-bond donors (Lipinski definition) is 1. The number of anilines is 1. The first-order chi connectivity index (χ1) is 8.75. The van der Waals surface area contributed by atoms with E-state index in [1.165, 1.54) is 5.82 Å². The molecule has 1 atom stereocenters. The van der Waals surface area contributed by atoms with Gasteiger partial charge in [0, 0.05) is 25.5 Å². The number of piperidine rings is 1. The van der Waals surface area contributed by atoms with Gasteiger partial charge < -0.3 is 10.0 Å². The Morgan fingerprint density at radius 1 is 1.33 bits per heavy atom. The lowest BCUT2D eigenvalue weighted by atomic mass is 9.92. The summed E-state index contributed by atoms with van der Waals surface area (Å²) >= 11 is 0. The van der Waals surface area contributed by atoms with Crippen molar-refractivity contribution in [3.8, 4) is 0 Å².